The standard InChI is InChI=1S/C12H13N3/c1-15-8-3-2-5-10-6-4-7-12(14)11(10)9-13/h4,6-7,15H,3,8,14H2,1H3. The van der Waals surface area contributed by atoms with Crippen molar-refractivity contribution in [2.45, 2.75) is 6.42 Å². The number of hydrogen-bond donors (Lipinski definition) is 2. The third kappa shape index (κ3) is 3.02. The van der Waals surface area contributed by atoms with Gasteiger partial charge in [-0.2, -0.15) is 5.26 Å². The molecule has 0 heterocycles. The molecule has 0 bridgehead atoms. The zero-order valence-corrected chi connectivity index (χ0v) is 8.67. The Kier molecular flexibility index (Phi) is 4.22. The minimum atomic E-state index is 0.467. The maximum Gasteiger partial charge on any atom is 0.103 e. The number of benzene rings is 1. The van der Waals surface area contributed by atoms with Crippen LogP contribution in [0.3, 0.4) is 0 Å². The molecule has 0 atom stereocenters. The van der Waals surface area contributed by atoms with Crippen LogP contribution < -0.4 is 11.1 Å². The SMILES string of the molecule is CNCCC#Cc1cccc(N)c1C#N. The second kappa shape index (κ2) is 5.70. The van der Waals surface area contributed by atoms with E-state index in [1.165, 1.54) is 0 Å². The van der Waals surface area contributed by atoms with E-state index in [1.807, 2.05) is 7.05 Å². The van der Waals surface area contributed by atoms with Gasteiger partial charge in [-0.05, 0) is 19.2 Å². The van der Waals surface area contributed by atoms with Gasteiger partial charge in [-0.15, -0.1) is 0 Å². The van der Waals surface area contributed by atoms with Crippen molar-refractivity contribution in [3.8, 4) is 17.9 Å². The van der Waals surface area contributed by atoms with Gasteiger partial charge in [0, 0.05) is 18.5 Å². The Bertz CT molecular complexity index is 432. The molecule has 3 N–H and O–H groups in total. The topological polar surface area (TPSA) is 61.8 Å². The number of nitrogen functional groups attached to an aromatic ring is 1. The predicted octanol–water partition coefficient (Wildman–Crippen LogP) is 1.10. The Labute approximate surface area is 89.9 Å². The summed E-state index contributed by atoms with van der Waals surface area (Å²) in [7, 11) is 1.88. The molecule has 0 saturated carbocycles. The van der Waals surface area contributed by atoms with Crippen LogP contribution in [-0.4, -0.2) is 13.6 Å². The second-order valence-electron chi connectivity index (χ2n) is 3.04. The van der Waals surface area contributed by atoms with Gasteiger partial charge in [0.1, 0.15) is 6.07 Å². The highest BCUT2D eigenvalue weighted by molar-refractivity contribution is 5.62. The summed E-state index contributed by atoms with van der Waals surface area (Å²) in [5, 5.41) is 11.9. The van der Waals surface area contributed by atoms with E-state index < -0.39 is 0 Å². The highest BCUT2D eigenvalue weighted by Crippen LogP contribution is 2.14. The van der Waals surface area contributed by atoms with Gasteiger partial charge < -0.3 is 11.1 Å². The van der Waals surface area contributed by atoms with Crippen LogP contribution in [0.4, 0.5) is 5.69 Å². The summed E-state index contributed by atoms with van der Waals surface area (Å²) in [6.45, 7) is 0.844. The molecular weight excluding hydrogens is 186 g/mol. The van der Waals surface area contributed by atoms with E-state index >= 15 is 0 Å². The molecule has 0 aliphatic carbocycles. The highest BCUT2D eigenvalue weighted by atomic mass is 14.8. The van der Waals surface area contributed by atoms with Gasteiger partial charge in [-0.1, -0.05) is 17.9 Å². The van der Waals surface area contributed by atoms with Crippen molar-refractivity contribution in [3.05, 3.63) is 29.3 Å². The Balaban J connectivity index is 2.89. The summed E-state index contributed by atoms with van der Waals surface area (Å²) in [5.74, 6) is 5.93. The molecule has 0 fully saturated rings. The van der Waals surface area contributed by atoms with Crippen LogP contribution >= 0.6 is 0 Å². The van der Waals surface area contributed by atoms with E-state index in [1.54, 1.807) is 18.2 Å². The maximum absolute atomic E-state index is 8.89. The number of anilines is 1. The summed E-state index contributed by atoms with van der Waals surface area (Å²) in [6.07, 6.45) is 0.760. The van der Waals surface area contributed by atoms with Gasteiger partial charge in [0.05, 0.1) is 11.3 Å². The normalized spacial score (nSPS) is 8.80. The van der Waals surface area contributed by atoms with Gasteiger partial charge in [0.25, 0.3) is 0 Å². The van der Waals surface area contributed by atoms with Crippen molar-refractivity contribution in [2.75, 3.05) is 19.3 Å². The number of nitrogens with two attached hydrogens (primary N) is 1. The average Bonchev–Trinajstić information content (AvgIpc) is 2.24. The first-order chi connectivity index (χ1) is 7.29. The zero-order chi connectivity index (χ0) is 11.1. The molecule has 0 spiro atoms. The van der Waals surface area contributed by atoms with Crippen molar-refractivity contribution in [3.63, 3.8) is 0 Å². The molecule has 0 aliphatic rings. The van der Waals surface area contributed by atoms with Gasteiger partial charge in [0.15, 0.2) is 0 Å². The molecule has 1 aromatic carbocycles. The van der Waals surface area contributed by atoms with E-state index in [2.05, 4.69) is 23.2 Å². The van der Waals surface area contributed by atoms with Crippen LogP contribution in [0.15, 0.2) is 18.2 Å². The van der Waals surface area contributed by atoms with E-state index in [9.17, 15) is 0 Å². The lowest BCUT2D eigenvalue weighted by molar-refractivity contribution is 0.818. The maximum atomic E-state index is 8.89. The first-order valence-corrected chi connectivity index (χ1v) is 4.71. The lowest BCUT2D eigenvalue weighted by atomic mass is 10.1. The first kappa shape index (κ1) is 11.1. The molecule has 0 radical (unpaired) electrons. The summed E-state index contributed by atoms with van der Waals surface area (Å²) in [5.41, 5.74) is 7.31. The van der Waals surface area contributed by atoms with E-state index in [0.29, 0.717) is 16.8 Å². The van der Waals surface area contributed by atoms with Crippen LogP contribution in [0.1, 0.15) is 17.5 Å². The summed E-state index contributed by atoms with van der Waals surface area (Å²) < 4.78 is 0. The average molecular weight is 199 g/mol. The molecule has 0 saturated heterocycles. The Morgan fingerprint density at radius 2 is 2.27 bits per heavy atom. The van der Waals surface area contributed by atoms with Crippen LogP contribution in [0.2, 0.25) is 0 Å². The highest BCUT2D eigenvalue weighted by Gasteiger charge is 2.01. The number of nitriles is 1. The van der Waals surface area contributed by atoms with Crippen LogP contribution in [0, 0.1) is 23.2 Å². The molecule has 1 aromatic rings. The third-order valence-electron chi connectivity index (χ3n) is 1.93. The lowest BCUT2D eigenvalue weighted by Gasteiger charge is -1.98. The number of hydrogen-bond acceptors (Lipinski definition) is 3. The quantitative estimate of drug-likeness (QED) is 0.426. The van der Waals surface area contributed by atoms with Gasteiger partial charge in [0.2, 0.25) is 0 Å². The fourth-order valence-electron chi connectivity index (χ4n) is 1.14. The lowest BCUT2D eigenvalue weighted by Crippen LogP contribution is -2.05. The molecule has 15 heavy (non-hydrogen) atoms. The fraction of sp³-hybridized carbons (Fsp3) is 0.250. The van der Waals surface area contributed by atoms with Gasteiger partial charge >= 0.3 is 0 Å². The smallest absolute Gasteiger partial charge is 0.103 e. The number of nitrogens with zero attached hydrogens (tertiary/aromatic N) is 1. The second-order valence-corrected chi connectivity index (χ2v) is 3.04. The van der Waals surface area contributed by atoms with E-state index in [0.717, 1.165) is 13.0 Å². The molecular formula is C12H13N3. The zero-order valence-electron chi connectivity index (χ0n) is 8.67. The van der Waals surface area contributed by atoms with Crippen LogP contribution in [0.25, 0.3) is 0 Å². The van der Waals surface area contributed by atoms with Gasteiger partial charge in [-0.3, -0.25) is 0 Å². The summed E-state index contributed by atoms with van der Waals surface area (Å²) in [6, 6.07) is 7.38. The van der Waals surface area contributed by atoms with Gasteiger partial charge in [-0.25, -0.2) is 0 Å². The van der Waals surface area contributed by atoms with Crippen LogP contribution in [-0.2, 0) is 0 Å². The van der Waals surface area contributed by atoms with Crippen molar-refractivity contribution < 1.29 is 0 Å². The Morgan fingerprint density at radius 3 is 2.93 bits per heavy atom. The predicted molar refractivity (Wildman–Crippen MR) is 61.0 cm³/mol. The fourth-order valence-corrected chi connectivity index (χ4v) is 1.14. The molecule has 0 aliphatic heterocycles. The first-order valence-electron chi connectivity index (χ1n) is 4.71. The van der Waals surface area contributed by atoms with Crippen molar-refractivity contribution in [2.24, 2.45) is 0 Å². The molecule has 0 aromatic heterocycles. The molecule has 3 nitrogen and oxygen atoms in total. The van der Waals surface area contributed by atoms with Crippen molar-refractivity contribution in [1.29, 1.82) is 5.26 Å². The molecule has 0 amide bonds. The third-order valence-corrected chi connectivity index (χ3v) is 1.93. The molecule has 76 valence electrons. The monoisotopic (exact) mass is 199 g/mol. The largest absolute Gasteiger partial charge is 0.398 e. The molecule has 0 unspecified atom stereocenters. The Morgan fingerprint density at radius 1 is 1.47 bits per heavy atom. The van der Waals surface area contributed by atoms with Crippen LogP contribution in [0.5, 0.6) is 0 Å². The number of nitrogens with one attached hydrogen (secondary N) is 1. The molecule has 3 heteroatoms. The summed E-state index contributed by atoms with van der Waals surface area (Å²) in [4.78, 5) is 0. The number of rotatable bonds is 2. The Hall–Kier alpha value is -1.97. The minimum absolute atomic E-state index is 0.467. The summed E-state index contributed by atoms with van der Waals surface area (Å²) >= 11 is 0. The van der Waals surface area contributed by atoms with E-state index in [4.69, 9.17) is 11.0 Å². The van der Waals surface area contributed by atoms with E-state index in [-0.39, 0.29) is 0 Å². The van der Waals surface area contributed by atoms with Crippen molar-refractivity contribution in [1.82, 2.24) is 5.32 Å². The van der Waals surface area contributed by atoms with Crippen molar-refractivity contribution >= 4 is 5.69 Å². The minimum Gasteiger partial charge on any atom is -0.398 e. The molecule has 1 rings (SSSR count).